The van der Waals surface area contributed by atoms with Crippen molar-refractivity contribution in [2.24, 2.45) is 0 Å². The van der Waals surface area contributed by atoms with Crippen molar-refractivity contribution in [3.8, 4) is 0 Å². The molecule has 1 saturated heterocycles. The summed E-state index contributed by atoms with van der Waals surface area (Å²) in [6, 6.07) is 4.21. The molecule has 0 aliphatic carbocycles. The monoisotopic (exact) mass is 364 g/mol. The first-order chi connectivity index (χ1) is 12.0. The minimum Gasteiger partial charge on any atom is -0.369 e. The lowest BCUT2D eigenvalue weighted by atomic mass is 10.2. The second kappa shape index (κ2) is 7.61. The van der Waals surface area contributed by atoms with Gasteiger partial charge in [-0.3, -0.25) is 5.41 Å². The number of aromatic nitrogens is 2. The minimum absolute atomic E-state index is 0.187. The van der Waals surface area contributed by atoms with Crippen molar-refractivity contribution in [3.63, 3.8) is 0 Å². The minimum atomic E-state index is -1.11. The van der Waals surface area contributed by atoms with Crippen molar-refractivity contribution in [2.45, 2.75) is 25.8 Å². The van der Waals surface area contributed by atoms with E-state index in [1.54, 1.807) is 4.90 Å². The number of fused-ring (bicyclic) bond motifs is 1. The first-order valence-electron chi connectivity index (χ1n) is 8.61. The van der Waals surface area contributed by atoms with Crippen LogP contribution in [0.15, 0.2) is 18.3 Å². The van der Waals surface area contributed by atoms with Gasteiger partial charge in [0.15, 0.2) is 5.17 Å². The molecular formula is C17H25FN6S. The summed E-state index contributed by atoms with van der Waals surface area (Å²) in [5.74, 6) is 0. The molecule has 3 heterocycles. The fraction of sp³-hybridized carbons (Fsp3) is 0.529. The van der Waals surface area contributed by atoms with E-state index in [1.165, 1.54) is 6.92 Å². The number of nitrogens with zero attached hydrogens (tertiary/aromatic N) is 4. The van der Waals surface area contributed by atoms with Crippen molar-refractivity contribution < 1.29 is 4.39 Å². The number of nitrogens with one attached hydrogen (secondary N) is 2. The SMILES string of the molecule is CCc1nn2ccc(N3CCNCC3)cc2c1N(C)C(=N)SC(C)F. The van der Waals surface area contributed by atoms with Gasteiger partial charge in [0.1, 0.15) is 5.50 Å². The fourth-order valence-corrected chi connectivity index (χ4v) is 3.69. The zero-order chi connectivity index (χ0) is 18.0. The van der Waals surface area contributed by atoms with Crippen LogP contribution in [0.2, 0.25) is 0 Å². The van der Waals surface area contributed by atoms with E-state index in [-0.39, 0.29) is 5.17 Å². The first-order valence-corrected chi connectivity index (χ1v) is 9.49. The predicted molar refractivity (Wildman–Crippen MR) is 104 cm³/mol. The van der Waals surface area contributed by atoms with Crippen molar-refractivity contribution in [1.82, 2.24) is 14.9 Å². The van der Waals surface area contributed by atoms with E-state index in [0.29, 0.717) is 0 Å². The highest BCUT2D eigenvalue weighted by Gasteiger charge is 2.21. The molecule has 0 bridgehead atoms. The molecule has 2 aromatic rings. The number of thioether (sulfide) groups is 1. The molecule has 2 aromatic heterocycles. The number of piperazine rings is 1. The third-order valence-electron chi connectivity index (χ3n) is 4.39. The molecule has 0 spiro atoms. The van der Waals surface area contributed by atoms with E-state index < -0.39 is 5.50 Å². The fourth-order valence-electron chi connectivity index (χ4n) is 3.13. The molecule has 1 unspecified atom stereocenters. The van der Waals surface area contributed by atoms with Gasteiger partial charge >= 0.3 is 0 Å². The summed E-state index contributed by atoms with van der Waals surface area (Å²) in [7, 11) is 1.81. The summed E-state index contributed by atoms with van der Waals surface area (Å²) in [5.41, 5.74) is 2.80. The third-order valence-corrected chi connectivity index (χ3v) is 5.22. The molecule has 2 N–H and O–H groups in total. The van der Waals surface area contributed by atoms with E-state index in [9.17, 15) is 4.39 Å². The van der Waals surface area contributed by atoms with E-state index in [2.05, 4.69) is 27.4 Å². The topological polar surface area (TPSA) is 59.7 Å². The Hall–Kier alpha value is -1.80. The third kappa shape index (κ3) is 3.74. The van der Waals surface area contributed by atoms with E-state index >= 15 is 0 Å². The number of halogens is 1. The summed E-state index contributed by atoms with van der Waals surface area (Å²) in [5, 5.41) is 16.4. The molecule has 1 fully saturated rings. The lowest BCUT2D eigenvalue weighted by molar-refractivity contribution is 0.485. The quantitative estimate of drug-likeness (QED) is 0.645. The lowest BCUT2D eigenvalue weighted by Crippen LogP contribution is -2.43. The summed E-state index contributed by atoms with van der Waals surface area (Å²) < 4.78 is 15.2. The normalized spacial score (nSPS) is 16.2. The Morgan fingerprint density at radius 3 is 2.84 bits per heavy atom. The van der Waals surface area contributed by atoms with Crippen LogP contribution >= 0.6 is 11.8 Å². The summed E-state index contributed by atoms with van der Waals surface area (Å²) in [6.45, 7) is 7.40. The van der Waals surface area contributed by atoms with Crippen LogP contribution in [0.5, 0.6) is 0 Å². The molecule has 0 saturated carbocycles. The average Bonchev–Trinajstić information content (AvgIpc) is 2.98. The van der Waals surface area contributed by atoms with Crippen molar-refractivity contribution in [2.75, 3.05) is 43.0 Å². The van der Waals surface area contributed by atoms with Crippen LogP contribution in [0.25, 0.3) is 5.52 Å². The smallest absolute Gasteiger partial charge is 0.163 e. The number of anilines is 2. The number of alkyl halides is 1. The largest absolute Gasteiger partial charge is 0.369 e. The molecule has 136 valence electrons. The van der Waals surface area contributed by atoms with Gasteiger partial charge in [0.05, 0.1) is 16.9 Å². The van der Waals surface area contributed by atoms with Gasteiger partial charge in [-0.1, -0.05) is 18.7 Å². The maximum Gasteiger partial charge on any atom is 0.163 e. The zero-order valence-corrected chi connectivity index (χ0v) is 15.7. The Bertz CT molecular complexity index is 753. The molecule has 0 amide bonds. The second-order valence-corrected chi connectivity index (χ2v) is 7.40. The van der Waals surface area contributed by atoms with E-state index in [0.717, 1.165) is 66.9 Å². The number of pyridine rings is 1. The number of hydrogen-bond acceptors (Lipinski definition) is 5. The molecule has 8 heteroatoms. The molecule has 6 nitrogen and oxygen atoms in total. The highest BCUT2D eigenvalue weighted by Crippen LogP contribution is 2.31. The van der Waals surface area contributed by atoms with Crippen LogP contribution < -0.4 is 15.1 Å². The van der Waals surface area contributed by atoms with Gasteiger partial charge in [-0.2, -0.15) is 5.10 Å². The second-order valence-electron chi connectivity index (χ2n) is 6.13. The highest BCUT2D eigenvalue weighted by atomic mass is 32.2. The predicted octanol–water partition coefficient (Wildman–Crippen LogP) is 2.73. The Morgan fingerprint density at radius 1 is 1.48 bits per heavy atom. The standard InChI is InChI=1S/C17H25FN6S/c1-4-14-16(22(3)17(19)25-12(2)18)15-11-13(5-8-24(15)21-14)23-9-6-20-7-10-23/h5,8,11-12,19-20H,4,6-7,9-10H2,1-3H3. The van der Waals surface area contributed by atoms with E-state index in [1.807, 2.05) is 24.7 Å². The summed E-state index contributed by atoms with van der Waals surface area (Å²) >= 11 is 0.908. The molecule has 1 aliphatic heterocycles. The van der Waals surface area contributed by atoms with Gasteiger partial charge in [-0.05, 0) is 25.5 Å². The molecule has 25 heavy (non-hydrogen) atoms. The van der Waals surface area contributed by atoms with Gasteiger partial charge in [0, 0.05) is 45.1 Å². The van der Waals surface area contributed by atoms with Crippen LogP contribution in [0.4, 0.5) is 15.8 Å². The Balaban J connectivity index is 2.01. The van der Waals surface area contributed by atoms with Crippen LogP contribution in [0.1, 0.15) is 19.5 Å². The Labute approximate surface area is 151 Å². The number of amidine groups is 1. The molecule has 1 atom stereocenters. The van der Waals surface area contributed by atoms with E-state index in [4.69, 9.17) is 5.41 Å². The Kier molecular flexibility index (Phi) is 5.48. The van der Waals surface area contributed by atoms with Crippen LogP contribution in [0, 0.1) is 5.41 Å². The van der Waals surface area contributed by atoms with Gasteiger partial charge in [0.2, 0.25) is 0 Å². The number of aryl methyl sites for hydroxylation is 1. The maximum atomic E-state index is 13.3. The van der Waals surface area contributed by atoms with Crippen molar-refractivity contribution in [1.29, 1.82) is 5.41 Å². The maximum absolute atomic E-state index is 13.3. The summed E-state index contributed by atoms with van der Waals surface area (Å²) in [6.07, 6.45) is 2.73. The molecule has 3 rings (SSSR count). The number of rotatable bonds is 4. The summed E-state index contributed by atoms with van der Waals surface area (Å²) in [4.78, 5) is 4.09. The highest BCUT2D eigenvalue weighted by molar-refractivity contribution is 8.14. The molecule has 0 radical (unpaired) electrons. The van der Waals surface area contributed by atoms with Gasteiger partial charge in [-0.25, -0.2) is 8.91 Å². The van der Waals surface area contributed by atoms with Crippen molar-refractivity contribution >= 4 is 33.8 Å². The van der Waals surface area contributed by atoms with Gasteiger partial charge < -0.3 is 15.1 Å². The molecule has 0 aromatic carbocycles. The Morgan fingerprint density at radius 2 is 2.20 bits per heavy atom. The van der Waals surface area contributed by atoms with Gasteiger partial charge in [0.25, 0.3) is 0 Å². The average molecular weight is 364 g/mol. The van der Waals surface area contributed by atoms with Gasteiger partial charge in [-0.15, -0.1) is 0 Å². The zero-order valence-electron chi connectivity index (χ0n) is 14.9. The van der Waals surface area contributed by atoms with Crippen LogP contribution in [-0.2, 0) is 6.42 Å². The van der Waals surface area contributed by atoms with Crippen LogP contribution in [-0.4, -0.2) is 53.5 Å². The number of hydrogen-bond donors (Lipinski definition) is 2. The lowest BCUT2D eigenvalue weighted by Gasteiger charge is -2.29. The van der Waals surface area contributed by atoms with Crippen LogP contribution in [0.3, 0.4) is 0 Å². The first kappa shape index (κ1) is 18.0. The molecule has 1 aliphatic rings. The molecular weight excluding hydrogens is 339 g/mol. The van der Waals surface area contributed by atoms with Crippen molar-refractivity contribution in [3.05, 3.63) is 24.0 Å².